The molecule has 1 fully saturated rings. The normalized spacial score (nSPS) is 18.0. The van der Waals surface area contributed by atoms with E-state index in [1.807, 2.05) is 42.5 Å². The highest BCUT2D eigenvalue weighted by molar-refractivity contribution is 6.07. The van der Waals surface area contributed by atoms with Crippen molar-refractivity contribution in [3.8, 4) is 0 Å². The van der Waals surface area contributed by atoms with Crippen molar-refractivity contribution >= 4 is 23.3 Å². The van der Waals surface area contributed by atoms with Crippen molar-refractivity contribution in [3.63, 3.8) is 0 Å². The van der Waals surface area contributed by atoms with Gasteiger partial charge in [0.1, 0.15) is 5.60 Å². The first-order valence-corrected chi connectivity index (χ1v) is 11.1. The van der Waals surface area contributed by atoms with E-state index in [2.05, 4.69) is 27.7 Å². The van der Waals surface area contributed by atoms with Crippen LogP contribution >= 0.6 is 0 Å². The second-order valence-corrected chi connectivity index (χ2v) is 8.45. The Labute approximate surface area is 188 Å². The van der Waals surface area contributed by atoms with E-state index in [1.165, 1.54) is 5.56 Å². The van der Waals surface area contributed by atoms with Gasteiger partial charge in [-0.05, 0) is 30.7 Å². The second-order valence-electron chi connectivity index (χ2n) is 8.45. The molecule has 1 saturated heterocycles. The quantitative estimate of drug-likeness (QED) is 0.352. The minimum atomic E-state index is -0.820. The summed E-state index contributed by atoms with van der Waals surface area (Å²) in [6, 6.07) is 17.8. The number of carbonyl (C=O) groups excluding carboxylic acids is 2. The Kier molecular flexibility index (Phi) is 6.46. The molecule has 2 aromatic carbocycles. The molecule has 2 aromatic rings. The fourth-order valence-electron chi connectivity index (χ4n) is 4.51. The molecule has 0 atom stereocenters. The van der Waals surface area contributed by atoms with Gasteiger partial charge in [-0.15, -0.1) is 0 Å². The highest BCUT2D eigenvalue weighted by Crippen LogP contribution is 2.41. The van der Waals surface area contributed by atoms with E-state index in [0.29, 0.717) is 42.8 Å². The van der Waals surface area contributed by atoms with Gasteiger partial charge in [0, 0.05) is 62.5 Å². The first-order valence-electron chi connectivity index (χ1n) is 11.1. The molecular formula is C25H30N4O3. The van der Waals surface area contributed by atoms with Crippen LogP contribution in [0.25, 0.3) is 0 Å². The molecule has 2 aliphatic heterocycles. The van der Waals surface area contributed by atoms with E-state index in [1.54, 1.807) is 6.92 Å². The molecule has 0 aromatic heterocycles. The van der Waals surface area contributed by atoms with Gasteiger partial charge in [-0.2, -0.15) is 0 Å². The van der Waals surface area contributed by atoms with E-state index in [9.17, 15) is 9.59 Å². The van der Waals surface area contributed by atoms with Gasteiger partial charge in [0.25, 0.3) is 5.91 Å². The van der Waals surface area contributed by atoms with Crippen molar-refractivity contribution < 1.29 is 14.3 Å². The number of esters is 1. The van der Waals surface area contributed by atoms with E-state index >= 15 is 0 Å². The molecule has 32 heavy (non-hydrogen) atoms. The van der Waals surface area contributed by atoms with Crippen molar-refractivity contribution in [2.75, 3.05) is 37.2 Å². The number of carbonyl (C=O) groups is 2. The Hall–Kier alpha value is -3.32. The summed E-state index contributed by atoms with van der Waals surface area (Å²) in [7, 11) is 0. The number of nitrogen functional groups attached to an aromatic ring is 1. The maximum atomic E-state index is 13.1. The van der Waals surface area contributed by atoms with Crippen molar-refractivity contribution in [1.82, 2.24) is 10.2 Å². The van der Waals surface area contributed by atoms with Crippen LogP contribution in [0.5, 0.6) is 0 Å². The van der Waals surface area contributed by atoms with Gasteiger partial charge < -0.3 is 21.1 Å². The molecule has 0 bridgehead atoms. The average Bonchev–Trinajstić information content (AvgIpc) is 3.03. The summed E-state index contributed by atoms with van der Waals surface area (Å²) < 4.78 is 5.79. The third-order valence-electron chi connectivity index (χ3n) is 6.19. The van der Waals surface area contributed by atoms with Crippen LogP contribution in [-0.2, 0) is 20.9 Å². The number of benzene rings is 2. The fraction of sp³-hybridized carbons (Fsp3) is 0.360. The molecule has 1 amide bonds. The van der Waals surface area contributed by atoms with Gasteiger partial charge in [0.15, 0.2) is 0 Å². The maximum Gasteiger partial charge on any atom is 0.335 e. The number of ether oxygens (including phenoxy) is 1. The Morgan fingerprint density at radius 3 is 2.56 bits per heavy atom. The van der Waals surface area contributed by atoms with Gasteiger partial charge >= 0.3 is 5.97 Å². The summed E-state index contributed by atoms with van der Waals surface area (Å²) in [5.74, 6) is -0.608. The van der Waals surface area contributed by atoms with Gasteiger partial charge in [0.2, 0.25) is 0 Å². The lowest BCUT2D eigenvalue weighted by Gasteiger charge is -2.39. The summed E-state index contributed by atoms with van der Waals surface area (Å²) in [4.78, 5) is 27.8. The standard InChI is InChI=1S/C25H30N4O3/c1-18-22(23(30)28-13-12-27-21-9-5-8-20(26)16-21)25(32-24(18)31)10-14-29(15-11-25)17-19-6-3-2-4-7-19/h2-9,16,27H,10-15,17,26H2,1H3,(H,28,30). The van der Waals surface area contributed by atoms with Crippen LogP contribution in [0.4, 0.5) is 11.4 Å². The van der Waals surface area contributed by atoms with Gasteiger partial charge in [-0.25, -0.2) is 4.79 Å². The number of hydrogen-bond donors (Lipinski definition) is 3. The monoisotopic (exact) mass is 434 g/mol. The number of rotatable bonds is 7. The molecular weight excluding hydrogens is 404 g/mol. The van der Waals surface area contributed by atoms with Crippen LogP contribution in [0.15, 0.2) is 65.7 Å². The van der Waals surface area contributed by atoms with Crippen molar-refractivity contribution in [2.45, 2.75) is 31.9 Å². The Morgan fingerprint density at radius 2 is 1.84 bits per heavy atom. The number of nitrogens with two attached hydrogens (primary N) is 1. The zero-order valence-corrected chi connectivity index (χ0v) is 18.4. The SMILES string of the molecule is CC1=C(C(=O)NCCNc2cccc(N)c2)C2(CCN(Cc3ccccc3)CC2)OC1=O. The van der Waals surface area contributed by atoms with Crippen LogP contribution in [0, 0.1) is 0 Å². The van der Waals surface area contributed by atoms with Gasteiger partial charge in [0.05, 0.1) is 5.57 Å². The van der Waals surface area contributed by atoms with Crippen LogP contribution in [-0.4, -0.2) is 48.6 Å². The first kappa shape index (κ1) is 21.9. The van der Waals surface area contributed by atoms with Crippen LogP contribution in [0.2, 0.25) is 0 Å². The number of piperidine rings is 1. The molecule has 4 rings (SSSR count). The molecule has 7 heteroatoms. The lowest BCUT2D eigenvalue weighted by molar-refractivity contribution is -0.151. The molecule has 2 heterocycles. The Morgan fingerprint density at radius 1 is 1.09 bits per heavy atom. The van der Waals surface area contributed by atoms with Crippen molar-refractivity contribution in [2.24, 2.45) is 0 Å². The summed E-state index contributed by atoms with van der Waals surface area (Å²) >= 11 is 0. The molecule has 0 unspecified atom stereocenters. The third-order valence-corrected chi connectivity index (χ3v) is 6.19. The fourth-order valence-corrected chi connectivity index (χ4v) is 4.51. The maximum absolute atomic E-state index is 13.1. The number of nitrogens with one attached hydrogen (secondary N) is 2. The molecule has 2 aliphatic rings. The van der Waals surface area contributed by atoms with Crippen LogP contribution in [0.3, 0.4) is 0 Å². The highest BCUT2D eigenvalue weighted by atomic mass is 16.6. The van der Waals surface area contributed by atoms with Crippen molar-refractivity contribution in [1.29, 1.82) is 0 Å². The smallest absolute Gasteiger partial charge is 0.335 e. The molecule has 1 spiro atoms. The lowest BCUT2D eigenvalue weighted by atomic mass is 9.82. The highest BCUT2D eigenvalue weighted by Gasteiger charge is 2.50. The summed E-state index contributed by atoms with van der Waals surface area (Å²) in [5, 5.41) is 6.18. The summed E-state index contributed by atoms with van der Waals surface area (Å²) in [5.41, 5.74) is 8.72. The lowest BCUT2D eigenvalue weighted by Crippen LogP contribution is -2.48. The van der Waals surface area contributed by atoms with E-state index in [0.717, 1.165) is 25.3 Å². The van der Waals surface area contributed by atoms with E-state index in [4.69, 9.17) is 10.5 Å². The zero-order valence-electron chi connectivity index (χ0n) is 18.4. The molecule has 4 N–H and O–H groups in total. The largest absolute Gasteiger partial charge is 0.450 e. The minimum Gasteiger partial charge on any atom is -0.450 e. The van der Waals surface area contributed by atoms with Gasteiger partial charge in [-0.3, -0.25) is 9.69 Å². The number of anilines is 2. The summed E-state index contributed by atoms with van der Waals surface area (Å²) in [6.45, 7) is 5.05. The number of hydrogen-bond acceptors (Lipinski definition) is 6. The van der Waals surface area contributed by atoms with E-state index < -0.39 is 5.60 Å². The second kappa shape index (κ2) is 9.44. The number of nitrogens with zero attached hydrogens (tertiary/aromatic N) is 1. The minimum absolute atomic E-state index is 0.223. The van der Waals surface area contributed by atoms with E-state index in [-0.39, 0.29) is 11.9 Å². The Bertz CT molecular complexity index is 1010. The molecule has 168 valence electrons. The molecule has 0 aliphatic carbocycles. The first-order chi connectivity index (χ1) is 15.5. The van der Waals surface area contributed by atoms with Gasteiger partial charge in [-0.1, -0.05) is 36.4 Å². The molecule has 7 nitrogen and oxygen atoms in total. The third kappa shape index (κ3) is 4.78. The predicted molar refractivity (Wildman–Crippen MR) is 125 cm³/mol. The topological polar surface area (TPSA) is 96.7 Å². The zero-order chi connectivity index (χ0) is 22.6. The Balaban J connectivity index is 1.34. The summed E-state index contributed by atoms with van der Waals surface area (Å²) in [6.07, 6.45) is 1.24. The number of likely N-dealkylation sites (tertiary alicyclic amines) is 1. The molecule has 0 radical (unpaired) electrons. The van der Waals surface area contributed by atoms with Crippen LogP contribution in [0.1, 0.15) is 25.3 Å². The predicted octanol–water partition coefficient (Wildman–Crippen LogP) is 2.71. The number of amides is 1. The van der Waals surface area contributed by atoms with Crippen molar-refractivity contribution in [3.05, 3.63) is 71.3 Å². The average molecular weight is 435 g/mol. The molecule has 0 saturated carbocycles. The van der Waals surface area contributed by atoms with Crippen LogP contribution < -0.4 is 16.4 Å².